The number of nitrogens with zero attached hydrogens (tertiary/aromatic N) is 5. The van der Waals surface area contributed by atoms with Crippen molar-refractivity contribution in [2.45, 2.75) is 27.2 Å². The molecule has 0 unspecified atom stereocenters. The number of aromatic amines is 1. The van der Waals surface area contributed by atoms with E-state index in [2.05, 4.69) is 49.4 Å². The largest absolute Gasteiger partial charge is 0.506 e. The van der Waals surface area contributed by atoms with Crippen molar-refractivity contribution in [1.29, 1.82) is 0 Å². The maximum Gasteiger partial charge on any atom is 0.321 e. The van der Waals surface area contributed by atoms with Crippen LogP contribution in [0.3, 0.4) is 0 Å². The van der Waals surface area contributed by atoms with Gasteiger partial charge in [-0.25, -0.2) is 14.5 Å². The molecule has 0 radical (unpaired) electrons. The van der Waals surface area contributed by atoms with E-state index in [0.717, 1.165) is 42.0 Å². The zero-order valence-electron chi connectivity index (χ0n) is 19.7. The molecule has 0 aliphatic carbocycles. The van der Waals surface area contributed by atoms with E-state index in [4.69, 9.17) is 0 Å². The summed E-state index contributed by atoms with van der Waals surface area (Å²) in [5.41, 5.74) is 4.41. The molecule has 0 aliphatic rings. The van der Waals surface area contributed by atoms with Gasteiger partial charge in [-0.3, -0.25) is 10.3 Å². The molecule has 2 amide bonds. The SMILES string of the molecule is CCNC(=O)Nc1nc2c(-n3cccn3)cc(-c3cnc(CCN(CC)CC)c(O)c3)cc2[nH]1. The quantitative estimate of drug-likeness (QED) is 0.302. The smallest absolute Gasteiger partial charge is 0.321 e. The Hall–Kier alpha value is -3.92. The number of amides is 2. The van der Waals surface area contributed by atoms with Gasteiger partial charge in [-0.2, -0.15) is 5.10 Å². The molecular weight excluding hydrogens is 432 g/mol. The fourth-order valence-corrected chi connectivity index (χ4v) is 3.86. The molecule has 0 aliphatic heterocycles. The van der Waals surface area contributed by atoms with Crippen LogP contribution < -0.4 is 10.6 Å². The summed E-state index contributed by atoms with van der Waals surface area (Å²) in [4.78, 5) is 26.5. The van der Waals surface area contributed by atoms with Gasteiger partial charge in [-0.15, -0.1) is 0 Å². The second-order valence-electron chi connectivity index (χ2n) is 7.88. The summed E-state index contributed by atoms with van der Waals surface area (Å²) >= 11 is 0. The molecule has 34 heavy (non-hydrogen) atoms. The van der Waals surface area contributed by atoms with Crippen molar-refractivity contribution < 1.29 is 9.90 Å². The average Bonchev–Trinajstić information content (AvgIpc) is 3.50. The molecule has 0 bridgehead atoms. The standard InChI is InChI=1S/C24H30N8O2/c1-4-25-24(34)30-23-28-19-12-16(13-20(22(19)29-23)32-10-7-9-27-32)17-14-21(33)18(26-15-17)8-11-31(5-2)6-3/h7,9-10,12-15,33H,4-6,8,11H2,1-3H3,(H3,25,28,29,30,34). The Morgan fingerprint density at radius 2 is 2.00 bits per heavy atom. The first-order valence-electron chi connectivity index (χ1n) is 11.5. The Morgan fingerprint density at radius 1 is 1.18 bits per heavy atom. The van der Waals surface area contributed by atoms with Crippen LogP contribution in [-0.2, 0) is 6.42 Å². The summed E-state index contributed by atoms with van der Waals surface area (Å²) in [5.74, 6) is 0.507. The van der Waals surface area contributed by atoms with Gasteiger partial charge in [0.1, 0.15) is 11.3 Å². The number of aromatic hydroxyl groups is 1. The number of benzene rings is 1. The number of urea groups is 1. The number of rotatable bonds is 9. The first-order chi connectivity index (χ1) is 16.5. The second-order valence-corrected chi connectivity index (χ2v) is 7.88. The van der Waals surface area contributed by atoms with Crippen LogP contribution in [0.5, 0.6) is 5.75 Å². The van der Waals surface area contributed by atoms with Crippen molar-refractivity contribution >= 4 is 23.0 Å². The maximum atomic E-state index is 12.0. The molecule has 4 N–H and O–H groups in total. The van der Waals surface area contributed by atoms with Gasteiger partial charge in [-0.1, -0.05) is 13.8 Å². The molecule has 0 atom stereocenters. The number of carbonyl (C=O) groups excluding carboxylic acids is 1. The molecule has 3 heterocycles. The minimum Gasteiger partial charge on any atom is -0.506 e. The lowest BCUT2D eigenvalue weighted by Crippen LogP contribution is -2.28. The molecule has 0 saturated heterocycles. The first kappa shape index (κ1) is 23.2. The van der Waals surface area contributed by atoms with E-state index in [0.29, 0.717) is 30.1 Å². The number of hydrogen-bond donors (Lipinski definition) is 4. The number of fused-ring (bicyclic) bond motifs is 1. The summed E-state index contributed by atoms with van der Waals surface area (Å²) in [6.07, 6.45) is 5.98. The van der Waals surface area contributed by atoms with E-state index < -0.39 is 0 Å². The third-order valence-electron chi connectivity index (χ3n) is 5.73. The van der Waals surface area contributed by atoms with Crippen LogP contribution >= 0.6 is 0 Å². The van der Waals surface area contributed by atoms with Crippen molar-refractivity contribution in [2.75, 3.05) is 31.5 Å². The molecule has 0 saturated carbocycles. The third-order valence-corrected chi connectivity index (χ3v) is 5.73. The average molecular weight is 463 g/mol. The van der Waals surface area contributed by atoms with Crippen LogP contribution in [0, 0.1) is 0 Å². The molecular formula is C24H30N8O2. The summed E-state index contributed by atoms with van der Waals surface area (Å²) in [6.45, 7) is 9.38. The molecule has 178 valence electrons. The van der Waals surface area contributed by atoms with Gasteiger partial charge in [0, 0.05) is 43.7 Å². The van der Waals surface area contributed by atoms with Crippen molar-refractivity contribution in [1.82, 2.24) is 34.9 Å². The van der Waals surface area contributed by atoms with Crippen LogP contribution in [0.1, 0.15) is 26.5 Å². The minimum atomic E-state index is -0.336. The Morgan fingerprint density at radius 3 is 2.68 bits per heavy atom. The van der Waals surface area contributed by atoms with Gasteiger partial charge in [0.25, 0.3) is 0 Å². The van der Waals surface area contributed by atoms with Gasteiger partial charge < -0.3 is 20.3 Å². The van der Waals surface area contributed by atoms with Gasteiger partial charge in [-0.05, 0) is 49.8 Å². The van der Waals surface area contributed by atoms with Gasteiger partial charge in [0.2, 0.25) is 5.95 Å². The summed E-state index contributed by atoms with van der Waals surface area (Å²) in [7, 11) is 0. The predicted molar refractivity (Wildman–Crippen MR) is 132 cm³/mol. The zero-order chi connectivity index (χ0) is 24.1. The highest BCUT2D eigenvalue weighted by molar-refractivity contribution is 5.94. The lowest BCUT2D eigenvalue weighted by molar-refractivity contribution is 0.252. The summed E-state index contributed by atoms with van der Waals surface area (Å²) in [6, 6.07) is 7.10. The van der Waals surface area contributed by atoms with E-state index in [9.17, 15) is 9.90 Å². The highest BCUT2D eigenvalue weighted by Gasteiger charge is 2.15. The fourth-order valence-electron chi connectivity index (χ4n) is 3.86. The Balaban J connectivity index is 1.70. The first-order valence-corrected chi connectivity index (χ1v) is 11.5. The summed E-state index contributed by atoms with van der Waals surface area (Å²) in [5, 5.41) is 20.4. The van der Waals surface area contributed by atoms with Gasteiger partial charge in [0.05, 0.1) is 16.9 Å². The molecule has 0 spiro atoms. The Bertz CT molecular complexity index is 1260. The molecule has 0 fully saturated rings. The number of pyridine rings is 1. The second kappa shape index (κ2) is 10.3. The van der Waals surface area contributed by atoms with Crippen molar-refractivity contribution in [3.8, 4) is 22.6 Å². The molecule has 3 aromatic heterocycles. The van der Waals surface area contributed by atoms with Crippen molar-refractivity contribution in [2.24, 2.45) is 0 Å². The fraction of sp³-hybridized carbons (Fsp3) is 0.333. The number of carbonyl (C=O) groups is 1. The van der Waals surface area contributed by atoms with Crippen LogP contribution in [0.4, 0.5) is 10.7 Å². The molecule has 10 nitrogen and oxygen atoms in total. The number of aromatic nitrogens is 5. The van der Waals surface area contributed by atoms with E-state index in [1.807, 2.05) is 31.3 Å². The van der Waals surface area contributed by atoms with E-state index in [1.54, 1.807) is 23.1 Å². The highest BCUT2D eigenvalue weighted by Crippen LogP contribution is 2.31. The van der Waals surface area contributed by atoms with Crippen molar-refractivity contribution in [3.05, 3.63) is 48.5 Å². The van der Waals surface area contributed by atoms with Crippen LogP contribution in [0.2, 0.25) is 0 Å². The lowest BCUT2D eigenvalue weighted by atomic mass is 10.0. The molecule has 4 rings (SSSR count). The zero-order valence-corrected chi connectivity index (χ0v) is 19.7. The number of anilines is 1. The van der Waals surface area contributed by atoms with Crippen molar-refractivity contribution in [3.63, 3.8) is 0 Å². The van der Waals surface area contributed by atoms with E-state index >= 15 is 0 Å². The third kappa shape index (κ3) is 5.01. The molecule has 4 aromatic rings. The maximum absolute atomic E-state index is 12.0. The Labute approximate surface area is 198 Å². The highest BCUT2D eigenvalue weighted by atomic mass is 16.3. The van der Waals surface area contributed by atoms with E-state index in [-0.39, 0.29) is 11.8 Å². The number of nitrogens with one attached hydrogen (secondary N) is 3. The predicted octanol–water partition coefficient (Wildman–Crippen LogP) is 3.54. The lowest BCUT2D eigenvalue weighted by Gasteiger charge is -2.17. The monoisotopic (exact) mass is 462 g/mol. The Kier molecular flexibility index (Phi) is 7.07. The number of likely N-dealkylation sites (N-methyl/N-ethyl adjacent to an activating group) is 1. The van der Waals surface area contributed by atoms with Crippen LogP contribution in [0.25, 0.3) is 27.8 Å². The normalized spacial score (nSPS) is 11.3. The minimum absolute atomic E-state index is 0.175. The van der Waals surface area contributed by atoms with E-state index in [1.165, 1.54) is 0 Å². The topological polar surface area (TPSA) is 124 Å². The van der Waals surface area contributed by atoms with Crippen LogP contribution in [0.15, 0.2) is 42.9 Å². The van der Waals surface area contributed by atoms with Gasteiger partial charge in [0.15, 0.2) is 0 Å². The number of imidazole rings is 1. The number of H-pyrrole nitrogens is 1. The number of hydrogen-bond acceptors (Lipinski definition) is 6. The molecule has 1 aromatic carbocycles. The van der Waals surface area contributed by atoms with Crippen LogP contribution in [-0.4, -0.2) is 66.9 Å². The summed E-state index contributed by atoms with van der Waals surface area (Å²) < 4.78 is 1.72. The molecule has 10 heteroatoms. The van der Waals surface area contributed by atoms with Gasteiger partial charge >= 0.3 is 6.03 Å².